The summed E-state index contributed by atoms with van der Waals surface area (Å²) in [7, 11) is 2.07. The van der Waals surface area contributed by atoms with Gasteiger partial charge in [0, 0.05) is 32.4 Å². The van der Waals surface area contributed by atoms with Crippen LogP contribution >= 0.6 is 0 Å². The van der Waals surface area contributed by atoms with Crippen molar-refractivity contribution in [2.45, 2.75) is 25.3 Å². The summed E-state index contributed by atoms with van der Waals surface area (Å²) in [6.45, 7) is 5.34. The fourth-order valence-corrected chi connectivity index (χ4v) is 2.96. The van der Waals surface area contributed by atoms with Crippen molar-refractivity contribution in [3.8, 4) is 0 Å². The molecule has 1 aliphatic heterocycles. The Morgan fingerprint density at radius 1 is 1.35 bits per heavy atom. The number of hydrogen-bond donors (Lipinski definition) is 1. The van der Waals surface area contributed by atoms with Crippen LogP contribution in [0.3, 0.4) is 0 Å². The second-order valence-electron chi connectivity index (χ2n) is 5.42. The van der Waals surface area contributed by atoms with Gasteiger partial charge in [0.1, 0.15) is 0 Å². The number of hydrogen-bond acceptors (Lipinski definition) is 4. The van der Waals surface area contributed by atoms with Gasteiger partial charge in [-0.3, -0.25) is 9.88 Å². The van der Waals surface area contributed by atoms with Crippen molar-refractivity contribution in [3.63, 3.8) is 0 Å². The molecule has 110 valence electrons. The van der Waals surface area contributed by atoms with Crippen LogP contribution < -0.4 is 0 Å². The summed E-state index contributed by atoms with van der Waals surface area (Å²) in [5.74, 6) is -0.789. The van der Waals surface area contributed by atoms with E-state index in [-0.39, 0.29) is 0 Å². The molecule has 0 aliphatic carbocycles. The SMILES string of the molecule is CCCC(C(=O)O)(c1ccccn1)N1CCN(C)CC1. The van der Waals surface area contributed by atoms with Crippen molar-refractivity contribution in [1.29, 1.82) is 0 Å². The van der Waals surface area contributed by atoms with E-state index < -0.39 is 11.5 Å². The minimum Gasteiger partial charge on any atom is -0.480 e. The average Bonchev–Trinajstić information content (AvgIpc) is 2.46. The Morgan fingerprint density at radius 2 is 2.05 bits per heavy atom. The lowest BCUT2D eigenvalue weighted by Crippen LogP contribution is -2.58. The van der Waals surface area contributed by atoms with Crippen LogP contribution in [0.2, 0.25) is 0 Å². The van der Waals surface area contributed by atoms with E-state index in [4.69, 9.17) is 0 Å². The Balaban J connectivity index is 2.40. The zero-order valence-electron chi connectivity index (χ0n) is 12.2. The van der Waals surface area contributed by atoms with Crippen LogP contribution in [-0.4, -0.2) is 59.1 Å². The summed E-state index contributed by atoms with van der Waals surface area (Å²) >= 11 is 0. The maximum Gasteiger partial charge on any atom is 0.330 e. The van der Waals surface area contributed by atoms with E-state index in [0.717, 1.165) is 32.6 Å². The summed E-state index contributed by atoms with van der Waals surface area (Å²) in [4.78, 5) is 20.8. The molecule has 1 atom stereocenters. The third kappa shape index (κ3) is 2.69. The van der Waals surface area contributed by atoms with Crippen molar-refractivity contribution in [2.24, 2.45) is 0 Å². The first-order valence-electron chi connectivity index (χ1n) is 7.19. The normalized spacial score (nSPS) is 20.5. The van der Waals surface area contributed by atoms with Crippen molar-refractivity contribution in [2.75, 3.05) is 33.2 Å². The van der Waals surface area contributed by atoms with Gasteiger partial charge in [-0.05, 0) is 25.6 Å². The predicted octanol–water partition coefficient (Wildman–Crippen LogP) is 1.41. The molecule has 1 aromatic heterocycles. The van der Waals surface area contributed by atoms with E-state index in [9.17, 15) is 9.90 Å². The predicted molar refractivity (Wildman–Crippen MR) is 77.5 cm³/mol. The molecule has 5 nitrogen and oxygen atoms in total. The highest BCUT2D eigenvalue weighted by Gasteiger charge is 2.46. The van der Waals surface area contributed by atoms with Crippen molar-refractivity contribution in [1.82, 2.24) is 14.8 Å². The molecule has 1 aromatic rings. The number of rotatable bonds is 5. The van der Waals surface area contributed by atoms with Gasteiger partial charge in [0.2, 0.25) is 0 Å². The van der Waals surface area contributed by atoms with Crippen LogP contribution in [0.15, 0.2) is 24.4 Å². The van der Waals surface area contributed by atoms with Crippen molar-refractivity contribution >= 4 is 5.97 Å². The Labute approximate surface area is 120 Å². The second kappa shape index (κ2) is 6.33. The maximum atomic E-state index is 12.1. The second-order valence-corrected chi connectivity index (χ2v) is 5.42. The largest absolute Gasteiger partial charge is 0.480 e. The molecule has 2 heterocycles. The molecule has 0 radical (unpaired) electrons. The first-order chi connectivity index (χ1) is 9.61. The zero-order valence-corrected chi connectivity index (χ0v) is 12.2. The molecule has 1 N–H and O–H groups in total. The van der Waals surface area contributed by atoms with Gasteiger partial charge in [-0.25, -0.2) is 4.79 Å². The summed E-state index contributed by atoms with van der Waals surface area (Å²) in [5, 5.41) is 9.93. The maximum absolute atomic E-state index is 12.1. The van der Waals surface area contributed by atoms with E-state index in [2.05, 4.69) is 21.8 Å². The van der Waals surface area contributed by atoms with Crippen LogP contribution in [0.5, 0.6) is 0 Å². The van der Waals surface area contributed by atoms with Crippen LogP contribution in [-0.2, 0) is 10.3 Å². The highest BCUT2D eigenvalue weighted by Crippen LogP contribution is 2.33. The Bertz CT molecular complexity index is 444. The number of likely N-dealkylation sites (N-methyl/N-ethyl adjacent to an activating group) is 1. The van der Waals surface area contributed by atoms with Gasteiger partial charge in [0.15, 0.2) is 5.54 Å². The summed E-state index contributed by atoms with van der Waals surface area (Å²) < 4.78 is 0. The lowest BCUT2D eigenvalue weighted by atomic mass is 9.86. The van der Waals surface area contributed by atoms with E-state index in [1.165, 1.54) is 0 Å². The first-order valence-corrected chi connectivity index (χ1v) is 7.19. The molecule has 2 rings (SSSR count). The van der Waals surface area contributed by atoms with Gasteiger partial charge < -0.3 is 10.0 Å². The quantitative estimate of drug-likeness (QED) is 0.882. The van der Waals surface area contributed by atoms with Crippen LogP contribution in [0.1, 0.15) is 25.5 Å². The molecule has 1 fully saturated rings. The molecule has 5 heteroatoms. The minimum absolute atomic E-state index is 0.586. The molecular formula is C15H23N3O2. The standard InChI is InChI=1S/C15H23N3O2/c1-3-7-15(14(19)20,13-6-4-5-8-16-13)18-11-9-17(2)10-12-18/h4-6,8H,3,7,9-12H2,1-2H3,(H,19,20). The molecule has 1 unspecified atom stereocenters. The minimum atomic E-state index is -0.989. The highest BCUT2D eigenvalue weighted by molar-refractivity contribution is 5.80. The van der Waals surface area contributed by atoms with Gasteiger partial charge in [-0.15, -0.1) is 0 Å². The molecule has 1 aliphatic rings. The van der Waals surface area contributed by atoms with E-state index >= 15 is 0 Å². The average molecular weight is 277 g/mol. The Kier molecular flexibility index (Phi) is 4.73. The smallest absolute Gasteiger partial charge is 0.330 e. The van der Waals surface area contributed by atoms with E-state index in [0.29, 0.717) is 12.1 Å². The summed E-state index contributed by atoms with van der Waals surface area (Å²) in [6.07, 6.45) is 3.08. The van der Waals surface area contributed by atoms with E-state index in [1.54, 1.807) is 6.20 Å². The van der Waals surface area contributed by atoms with Crippen molar-refractivity contribution in [3.05, 3.63) is 30.1 Å². The fraction of sp³-hybridized carbons (Fsp3) is 0.600. The zero-order chi connectivity index (χ0) is 14.6. The van der Waals surface area contributed by atoms with Gasteiger partial charge in [-0.2, -0.15) is 0 Å². The van der Waals surface area contributed by atoms with E-state index in [1.807, 2.05) is 25.1 Å². The molecule has 20 heavy (non-hydrogen) atoms. The number of aromatic nitrogens is 1. The molecule has 0 amide bonds. The van der Waals surface area contributed by atoms with Crippen LogP contribution in [0, 0.1) is 0 Å². The molecule has 0 bridgehead atoms. The number of carboxylic acids is 1. The summed E-state index contributed by atoms with van der Waals surface area (Å²) in [6, 6.07) is 5.53. The molecule has 1 saturated heterocycles. The monoisotopic (exact) mass is 277 g/mol. The topological polar surface area (TPSA) is 56.7 Å². The lowest BCUT2D eigenvalue weighted by Gasteiger charge is -2.44. The third-order valence-electron chi connectivity index (χ3n) is 4.10. The number of carbonyl (C=O) groups is 1. The van der Waals surface area contributed by atoms with Gasteiger partial charge >= 0.3 is 5.97 Å². The highest BCUT2D eigenvalue weighted by atomic mass is 16.4. The molecule has 0 aromatic carbocycles. The van der Waals surface area contributed by atoms with Gasteiger partial charge in [0.25, 0.3) is 0 Å². The first kappa shape index (κ1) is 14.9. The van der Waals surface area contributed by atoms with Crippen LogP contribution in [0.25, 0.3) is 0 Å². The number of aliphatic carboxylic acids is 1. The third-order valence-corrected chi connectivity index (χ3v) is 4.10. The Hall–Kier alpha value is -1.46. The molecular weight excluding hydrogens is 254 g/mol. The Morgan fingerprint density at radius 3 is 2.55 bits per heavy atom. The number of pyridine rings is 1. The molecule has 0 spiro atoms. The van der Waals surface area contributed by atoms with Crippen molar-refractivity contribution < 1.29 is 9.90 Å². The number of nitrogens with zero attached hydrogens (tertiary/aromatic N) is 3. The fourth-order valence-electron chi connectivity index (χ4n) is 2.96. The van der Waals surface area contributed by atoms with Gasteiger partial charge in [-0.1, -0.05) is 19.4 Å². The lowest BCUT2D eigenvalue weighted by molar-refractivity contribution is -0.155. The van der Waals surface area contributed by atoms with Gasteiger partial charge in [0.05, 0.1) is 5.69 Å². The number of piperazine rings is 1. The number of carboxylic acid groups (broad SMARTS) is 1. The summed E-state index contributed by atoms with van der Waals surface area (Å²) in [5.41, 5.74) is -0.337. The molecule has 0 saturated carbocycles. The van der Waals surface area contributed by atoms with Crippen LogP contribution in [0.4, 0.5) is 0 Å².